The Morgan fingerprint density at radius 2 is 0.949 bits per heavy atom. The van der Waals surface area contributed by atoms with Gasteiger partial charge in [-0.05, 0) is 24.3 Å². The summed E-state index contributed by atoms with van der Waals surface area (Å²) in [6.45, 7) is 0. The molecule has 0 atom stereocenters. The molecule has 0 saturated heterocycles. The van der Waals surface area contributed by atoms with Gasteiger partial charge in [0.25, 0.3) is 20.2 Å². The maximum atomic E-state index is 11.7. The van der Waals surface area contributed by atoms with E-state index in [0.29, 0.717) is 24.3 Å². The molecule has 0 spiro atoms. The highest BCUT2D eigenvalue weighted by atomic mass is 32.2. The maximum absolute atomic E-state index is 11.7. The van der Waals surface area contributed by atoms with Crippen LogP contribution in [0.2, 0.25) is 0 Å². The highest BCUT2D eigenvalue weighted by Gasteiger charge is 2.25. The quantitative estimate of drug-likeness (QED) is 0.161. The molecule has 4 aromatic rings. The third-order valence-electron chi connectivity index (χ3n) is 5.27. The minimum atomic E-state index is -5.00. The van der Waals surface area contributed by atoms with Gasteiger partial charge in [0.1, 0.15) is 44.3 Å². The smallest absolute Gasteiger partial charge is 0.298 e. The zero-order valence-corrected chi connectivity index (χ0v) is 21.0. The number of phenolic OH excluding ortho intramolecular Hbond substituents is 5. The number of phenols is 5. The highest BCUT2D eigenvalue weighted by molar-refractivity contribution is 7.86. The van der Waals surface area contributed by atoms with Crippen molar-refractivity contribution in [3.63, 3.8) is 0 Å². The van der Waals surface area contributed by atoms with Gasteiger partial charge in [-0.15, -0.1) is 0 Å². The minimum absolute atomic E-state index is 0.0674. The average molecular weight is 580 g/mol. The Balaban J connectivity index is 2.09. The van der Waals surface area contributed by atoms with E-state index in [0.717, 1.165) is 0 Å². The molecular weight excluding hydrogens is 562 g/mol. The van der Waals surface area contributed by atoms with E-state index in [2.05, 4.69) is 15.0 Å². The third-order valence-corrected chi connectivity index (χ3v) is 7.04. The van der Waals surface area contributed by atoms with E-state index in [1.54, 1.807) is 0 Å². The second-order valence-corrected chi connectivity index (χ2v) is 10.6. The van der Waals surface area contributed by atoms with Crippen LogP contribution in [0.5, 0.6) is 34.5 Å². The summed E-state index contributed by atoms with van der Waals surface area (Å²) >= 11 is 0. The molecule has 0 radical (unpaired) electrons. The van der Waals surface area contributed by atoms with Crippen LogP contribution in [0.25, 0.3) is 34.2 Å². The molecule has 0 amide bonds. The fourth-order valence-electron chi connectivity index (χ4n) is 3.45. The first-order chi connectivity index (χ1) is 18.1. The van der Waals surface area contributed by atoms with Crippen LogP contribution < -0.4 is 4.74 Å². The van der Waals surface area contributed by atoms with Crippen molar-refractivity contribution in [1.29, 1.82) is 0 Å². The molecule has 0 aliphatic rings. The molecule has 4 rings (SSSR count). The van der Waals surface area contributed by atoms with Crippen molar-refractivity contribution < 1.29 is 56.2 Å². The molecule has 17 heteroatoms. The van der Waals surface area contributed by atoms with Gasteiger partial charge in [0.2, 0.25) is 0 Å². The number of benzene rings is 3. The first-order valence-corrected chi connectivity index (χ1v) is 13.2. The summed E-state index contributed by atoms with van der Waals surface area (Å²) in [7, 11) is -8.66. The van der Waals surface area contributed by atoms with E-state index < -0.39 is 81.6 Å². The number of hydrogen-bond donors (Lipinski definition) is 7. The highest BCUT2D eigenvalue weighted by Crippen LogP contribution is 2.40. The molecule has 0 fully saturated rings. The van der Waals surface area contributed by atoms with Crippen molar-refractivity contribution >= 4 is 20.2 Å². The predicted octanol–water partition coefficient (Wildman–Crippen LogP) is 1.90. The van der Waals surface area contributed by atoms with Crippen LogP contribution in [-0.4, -0.2) is 73.5 Å². The fraction of sp³-hybridized carbons (Fsp3) is 0.0455. The van der Waals surface area contributed by atoms with Gasteiger partial charge >= 0.3 is 0 Å². The van der Waals surface area contributed by atoms with Gasteiger partial charge in [-0.2, -0.15) is 16.8 Å². The van der Waals surface area contributed by atoms with Gasteiger partial charge in [-0.3, -0.25) is 9.11 Å². The van der Waals surface area contributed by atoms with Crippen LogP contribution in [0.3, 0.4) is 0 Å². The van der Waals surface area contributed by atoms with Crippen LogP contribution in [0.4, 0.5) is 0 Å². The molecule has 15 nitrogen and oxygen atoms in total. The average Bonchev–Trinajstić information content (AvgIpc) is 2.82. The van der Waals surface area contributed by atoms with Crippen LogP contribution in [0.1, 0.15) is 0 Å². The van der Waals surface area contributed by atoms with E-state index in [-0.39, 0.29) is 17.1 Å². The first-order valence-electron chi connectivity index (χ1n) is 10.3. The number of ether oxygens (including phenoxy) is 1. The Labute approximate surface area is 219 Å². The van der Waals surface area contributed by atoms with Gasteiger partial charge in [0.05, 0.1) is 23.8 Å². The number of nitrogens with zero attached hydrogens (tertiary/aromatic N) is 3. The second-order valence-electron chi connectivity index (χ2n) is 7.81. The van der Waals surface area contributed by atoms with Crippen molar-refractivity contribution in [3.05, 3.63) is 42.5 Å². The topological polar surface area (TPSA) is 258 Å². The minimum Gasteiger partial charge on any atom is -0.507 e. The summed E-state index contributed by atoms with van der Waals surface area (Å²) in [6, 6.07) is 6.37. The monoisotopic (exact) mass is 579 g/mol. The first kappa shape index (κ1) is 27.3. The molecule has 3 aromatic carbocycles. The van der Waals surface area contributed by atoms with Crippen molar-refractivity contribution in [2.45, 2.75) is 9.79 Å². The van der Waals surface area contributed by atoms with Gasteiger partial charge in [-0.1, -0.05) is 0 Å². The van der Waals surface area contributed by atoms with E-state index in [9.17, 15) is 51.5 Å². The summed E-state index contributed by atoms with van der Waals surface area (Å²) in [6.07, 6.45) is 0. The lowest BCUT2D eigenvalue weighted by Gasteiger charge is -2.13. The van der Waals surface area contributed by atoms with Gasteiger partial charge in [-0.25, -0.2) is 15.0 Å². The Bertz CT molecular complexity index is 1750. The largest absolute Gasteiger partial charge is 0.507 e. The molecule has 7 N–H and O–H groups in total. The molecule has 0 saturated carbocycles. The van der Waals surface area contributed by atoms with Crippen LogP contribution in [0.15, 0.2) is 52.3 Å². The Morgan fingerprint density at radius 3 is 1.31 bits per heavy atom. The second kappa shape index (κ2) is 9.55. The number of hydrogen-bond acceptors (Lipinski definition) is 13. The zero-order valence-electron chi connectivity index (χ0n) is 19.4. The van der Waals surface area contributed by atoms with Crippen molar-refractivity contribution in [2.24, 2.45) is 0 Å². The van der Waals surface area contributed by atoms with E-state index in [4.69, 9.17) is 4.74 Å². The van der Waals surface area contributed by atoms with Crippen molar-refractivity contribution in [2.75, 3.05) is 7.11 Å². The van der Waals surface area contributed by atoms with E-state index >= 15 is 0 Å². The molecular formula is C22H17N3O12S2. The summed E-state index contributed by atoms with van der Waals surface area (Å²) in [5.74, 6) is -5.14. The molecule has 1 heterocycles. The van der Waals surface area contributed by atoms with Gasteiger partial charge < -0.3 is 30.3 Å². The number of aromatic hydroxyl groups is 5. The Morgan fingerprint density at radius 1 is 0.564 bits per heavy atom. The lowest BCUT2D eigenvalue weighted by atomic mass is 10.1. The number of aromatic nitrogens is 3. The molecule has 39 heavy (non-hydrogen) atoms. The zero-order chi connectivity index (χ0) is 28.9. The predicted molar refractivity (Wildman–Crippen MR) is 131 cm³/mol. The third kappa shape index (κ3) is 5.32. The lowest BCUT2D eigenvalue weighted by Crippen LogP contribution is -2.04. The standard InChI is InChI=1S/C22H17N3O12S2/c1-37-9-2-3-10(13(26)4-9)20-23-21(11-5-18(38(31,32)33)16(29)7-14(11)27)25-22(24-20)12-6-19(39(34,35)36)17(30)8-15(12)28/h2-8,26-30H,1H3,(H,31,32,33)(H,34,35,36). The van der Waals surface area contributed by atoms with Crippen LogP contribution in [-0.2, 0) is 20.2 Å². The molecule has 0 bridgehead atoms. The molecule has 204 valence electrons. The normalized spacial score (nSPS) is 11.9. The number of rotatable bonds is 6. The lowest BCUT2D eigenvalue weighted by molar-refractivity contribution is 0.408. The van der Waals surface area contributed by atoms with Crippen molar-refractivity contribution in [3.8, 4) is 68.7 Å². The van der Waals surface area contributed by atoms with Crippen LogP contribution >= 0.6 is 0 Å². The summed E-state index contributed by atoms with van der Waals surface area (Å²) in [4.78, 5) is 10.2. The van der Waals surface area contributed by atoms with Crippen molar-refractivity contribution in [1.82, 2.24) is 15.0 Å². The van der Waals surface area contributed by atoms with Crippen LogP contribution in [0, 0.1) is 0 Å². The molecule has 0 unspecified atom stereocenters. The number of methoxy groups -OCH3 is 1. The Hall–Kier alpha value is -4.71. The SMILES string of the molecule is COc1ccc(-c2nc(-c3cc(S(=O)(=O)O)c(O)cc3O)nc(-c3cc(S(=O)(=O)O)c(O)cc3O)n2)c(O)c1. The van der Waals surface area contributed by atoms with E-state index in [1.807, 2.05) is 0 Å². The fourth-order valence-corrected chi connectivity index (χ4v) is 4.63. The summed E-state index contributed by atoms with van der Waals surface area (Å²) in [5.41, 5.74) is -1.03. The Kier molecular flexibility index (Phi) is 6.69. The molecule has 0 aliphatic heterocycles. The van der Waals surface area contributed by atoms with Gasteiger partial charge in [0.15, 0.2) is 17.5 Å². The van der Waals surface area contributed by atoms with Gasteiger partial charge in [0, 0.05) is 18.2 Å². The summed E-state index contributed by atoms with van der Waals surface area (Å²) in [5, 5.41) is 51.1. The summed E-state index contributed by atoms with van der Waals surface area (Å²) < 4.78 is 70.8. The molecule has 1 aromatic heterocycles. The van der Waals surface area contributed by atoms with E-state index in [1.165, 1.54) is 25.3 Å². The maximum Gasteiger partial charge on any atom is 0.298 e. The molecule has 0 aliphatic carbocycles.